The zero-order valence-electron chi connectivity index (χ0n) is 15.1. The van der Waals surface area contributed by atoms with Crippen molar-refractivity contribution >= 4 is 5.91 Å². The second kappa shape index (κ2) is 7.72. The van der Waals surface area contributed by atoms with Crippen LogP contribution >= 0.6 is 0 Å². The lowest BCUT2D eigenvalue weighted by Gasteiger charge is -2.45. The van der Waals surface area contributed by atoms with Crippen molar-refractivity contribution in [2.75, 3.05) is 46.5 Å². The molecular weight excluding hydrogens is 320 g/mol. The molecular formula is C19H28N2O4. The van der Waals surface area contributed by atoms with Gasteiger partial charge in [0.05, 0.1) is 18.8 Å². The number of β-amino-alcohol motifs (C(OH)–C–C–N with tert-alkyl or cyclic N) is 1. The molecule has 1 aromatic carbocycles. The van der Waals surface area contributed by atoms with Crippen LogP contribution in [0.1, 0.15) is 31.4 Å². The van der Waals surface area contributed by atoms with E-state index in [4.69, 9.17) is 9.47 Å². The Labute approximate surface area is 149 Å². The van der Waals surface area contributed by atoms with Crippen molar-refractivity contribution < 1.29 is 19.4 Å². The van der Waals surface area contributed by atoms with Crippen LogP contribution in [0.5, 0.6) is 5.75 Å². The maximum atomic E-state index is 11.9. The fourth-order valence-corrected chi connectivity index (χ4v) is 3.82. The first-order valence-electron chi connectivity index (χ1n) is 8.95. The summed E-state index contributed by atoms with van der Waals surface area (Å²) in [6.07, 6.45) is 1.30. The van der Waals surface area contributed by atoms with Crippen molar-refractivity contribution in [1.29, 1.82) is 0 Å². The highest BCUT2D eigenvalue weighted by Gasteiger charge is 2.38. The van der Waals surface area contributed by atoms with E-state index >= 15 is 0 Å². The zero-order valence-corrected chi connectivity index (χ0v) is 15.1. The summed E-state index contributed by atoms with van der Waals surface area (Å²) < 4.78 is 10.9. The summed E-state index contributed by atoms with van der Waals surface area (Å²) in [7, 11) is 1.67. The molecule has 0 spiro atoms. The van der Waals surface area contributed by atoms with Gasteiger partial charge in [-0.2, -0.15) is 0 Å². The van der Waals surface area contributed by atoms with Gasteiger partial charge in [-0.05, 0) is 6.07 Å². The Bertz CT molecular complexity index is 601. The van der Waals surface area contributed by atoms with E-state index in [0.29, 0.717) is 45.7 Å². The standard InChI is InChI=1S/C19H28N2O4/c1-15(22)20-9-10-21(14-19(23)7-11-25-12-8-19)17(13-20)16-5-3-4-6-18(16)24-2/h3-6,17,23H,7-14H2,1-2H3/t17-/m0/s1. The quantitative estimate of drug-likeness (QED) is 0.892. The van der Waals surface area contributed by atoms with E-state index in [1.54, 1.807) is 14.0 Å². The minimum atomic E-state index is -0.725. The average Bonchev–Trinajstić information content (AvgIpc) is 2.62. The van der Waals surface area contributed by atoms with Gasteiger partial charge in [0.1, 0.15) is 5.75 Å². The number of hydrogen-bond donors (Lipinski definition) is 1. The number of para-hydroxylation sites is 1. The Kier molecular flexibility index (Phi) is 5.61. The lowest BCUT2D eigenvalue weighted by molar-refractivity contribution is -0.134. The third-order valence-electron chi connectivity index (χ3n) is 5.36. The number of benzene rings is 1. The number of carbonyl (C=O) groups excluding carboxylic acids is 1. The summed E-state index contributed by atoms with van der Waals surface area (Å²) in [6, 6.07) is 7.95. The first-order valence-corrected chi connectivity index (χ1v) is 8.95. The molecule has 1 amide bonds. The van der Waals surface area contributed by atoms with E-state index < -0.39 is 5.60 Å². The molecule has 0 saturated carbocycles. The van der Waals surface area contributed by atoms with E-state index in [0.717, 1.165) is 17.9 Å². The number of amides is 1. The Morgan fingerprint density at radius 1 is 1.32 bits per heavy atom. The average molecular weight is 348 g/mol. The smallest absolute Gasteiger partial charge is 0.219 e. The first kappa shape index (κ1) is 18.2. The SMILES string of the molecule is COc1ccccc1[C@@H]1CN(C(C)=O)CCN1CC1(O)CCOCC1. The van der Waals surface area contributed by atoms with Gasteiger partial charge in [0, 0.05) is 64.7 Å². The fraction of sp³-hybridized carbons (Fsp3) is 0.632. The summed E-state index contributed by atoms with van der Waals surface area (Å²) in [4.78, 5) is 16.1. The topological polar surface area (TPSA) is 62.2 Å². The van der Waals surface area contributed by atoms with E-state index in [1.807, 2.05) is 29.2 Å². The zero-order chi connectivity index (χ0) is 17.9. The largest absolute Gasteiger partial charge is 0.496 e. The number of carbonyl (C=O) groups is 1. The maximum absolute atomic E-state index is 11.9. The normalized spacial score (nSPS) is 24.1. The van der Waals surface area contributed by atoms with Crippen molar-refractivity contribution in [3.8, 4) is 5.75 Å². The highest BCUT2D eigenvalue weighted by molar-refractivity contribution is 5.73. The summed E-state index contributed by atoms with van der Waals surface area (Å²) >= 11 is 0. The molecule has 2 heterocycles. The summed E-state index contributed by atoms with van der Waals surface area (Å²) in [5, 5.41) is 11.0. The van der Waals surface area contributed by atoms with Gasteiger partial charge in [0.2, 0.25) is 5.91 Å². The molecule has 0 aliphatic carbocycles. The second-order valence-electron chi connectivity index (χ2n) is 7.03. The molecule has 0 radical (unpaired) electrons. The number of hydrogen-bond acceptors (Lipinski definition) is 5. The molecule has 1 N–H and O–H groups in total. The fourth-order valence-electron chi connectivity index (χ4n) is 3.82. The lowest BCUT2D eigenvalue weighted by Crippen LogP contribution is -2.55. The van der Waals surface area contributed by atoms with Gasteiger partial charge in [-0.15, -0.1) is 0 Å². The summed E-state index contributed by atoms with van der Waals surface area (Å²) in [6.45, 7) is 5.44. The van der Waals surface area contributed by atoms with Crippen molar-refractivity contribution in [1.82, 2.24) is 9.80 Å². The molecule has 138 valence electrons. The molecule has 2 fully saturated rings. The first-order chi connectivity index (χ1) is 12.0. The predicted molar refractivity (Wildman–Crippen MR) is 94.6 cm³/mol. The lowest BCUT2D eigenvalue weighted by atomic mass is 9.91. The van der Waals surface area contributed by atoms with E-state index in [-0.39, 0.29) is 11.9 Å². The molecule has 1 aromatic rings. The number of methoxy groups -OCH3 is 1. The van der Waals surface area contributed by atoms with Crippen molar-refractivity contribution in [3.63, 3.8) is 0 Å². The van der Waals surface area contributed by atoms with Crippen LogP contribution in [-0.2, 0) is 9.53 Å². The van der Waals surface area contributed by atoms with E-state index in [9.17, 15) is 9.90 Å². The third-order valence-corrected chi connectivity index (χ3v) is 5.36. The molecule has 2 aliphatic rings. The summed E-state index contributed by atoms with van der Waals surface area (Å²) in [5.41, 5.74) is 0.336. The minimum absolute atomic E-state index is 0.0145. The number of rotatable bonds is 4. The van der Waals surface area contributed by atoms with Gasteiger partial charge in [0.15, 0.2) is 0 Å². The van der Waals surface area contributed by atoms with Crippen LogP contribution in [0.4, 0.5) is 0 Å². The molecule has 25 heavy (non-hydrogen) atoms. The van der Waals surface area contributed by atoms with Gasteiger partial charge >= 0.3 is 0 Å². The molecule has 6 nitrogen and oxygen atoms in total. The van der Waals surface area contributed by atoms with Crippen molar-refractivity contribution in [2.24, 2.45) is 0 Å². The van der Waals surface area contributed by atoms with Gasteiger partial charge in [-0.1, -0.05) is 18.2 Å². The van der Waals surface area contributed by atoms with E-state index in [1.165, 1.54) is 0 Å². The van der Waals surface area contributed by atoms with Crippen LogP contribution in [0, 0.1) is 0 Å². The van der Waals surface area contributed by atoms with Crippen LogP contribution in [-0.4, -0.2) is 72.9 Å². The monoisotopic (exact) mass is 348 g/mol. The van der Waals surface area contributed by atoms with E-state index in [2.05, 4.69) is 4.90 Å². The Hall–Kier alpha value is -1.63. The number of nitrogens with zero attached hydrogens (tertiary/aromatic N) is 2. The van der Waals surface area contributed by atoms with Crippen LogP contribution in [0.3, 0.4) is 0 Å². The van der Waals surface area contributed by atoms with Gasteiger partial charge in [-0.25, -0.2) is 0 Å². The molecule has 0 aromatic heterocycles. The number of aliphatic hydroxyl groups is 1. The van der Waals surface area contributed by atoms with Crippen LogP contribution in [0.15, 0.2) is 24.3 Å². The molecule has 3 rings (SSSR count). The van der Waals surface area contributed by atoms with Gasteiger partial charge in [0.25, 0.3) is 0 Å². The Balaban J connectivity index is 1.85. The number of ether oxygens (including phenoxy) is 2. The molecule has 0 bridgehead atoms. The van der Waals surface area contributed by atoms with Gasteiger partial charge < -0.3 is 19.5 Å². The highest BCUT2D eigenvalue weighted by atomic mass is 16.5. The Morgan fingerprint density at radius 2 is 2.04 bits per heavy atom. The van der Waals surface area contributed by atoms with Gasteiger partial charge in [-0.3, -0.25) is 9.69 Å². The molecule has 6 heteroatoms. The Morgan fingerprint density at radius 3 is 2.72 bits per heavy atom. The molecule has 2 aliphatic heterocycles. The molecule has 1 atom stereocenters. The van der Waals surface area contributed by atoms with Crippen LogP contribution < -0.4 is 4.74 Å². The van der Waals surface area contributed by atoms with Crippen LogP contribution in [0.2, 0.25) is 0 Å². The molecule has 0 unspecified atom stereocenters. The van der Waals surface area contributed by atoms with Crippen molar-refractivity contribution in [3.05, 3.63) is 29.8 Å². The number of piperazine rings is 1. The maximum Gasteiger partial charge on any atom is 0.219 e. The van der Waals surface area contributed by atoms with Crippen molar-refractivity contribution in [2.45, 2.75) is 31.4 Å². The minimum Gasteiger partial charge on any atom is -0.496 e. The van der Waals surface area contributed by atoms with Crippen LogP contribution in [0.25, 0.3) is 0 Å². The predicted octanol–water partition coefficient (Wildman–Crippen LogP) is 1.44. The summed E-state index contributed by atoms with van der Waals surface area (Å²) in [5.74, 6) is 0.909. The third kappa shape index (κ3) is 4.14. The highest BCUT2D eigenvalue weighted by Crippen LogP contribution is 2.34. The second-order valence-corrected chi connectivity index (χ2v) is 7.03. The molecule has 2 saturated heterocycles.